The lowest BCUT2D eigenvalue weighted by Gasteiger charge is -2.52. The first kappa shape index (κ1) is 30.4. The predicted molar refractivity (Wildman–Crippen MR) is 172 cm³/mol. The van der Waals surface area contributed by atoms with Crippen LogP contribution in [0.25, 0.3) is 0 Å². The van der Waals surface area contributed by atoms with Gasteiger partial charge in [0, 0.05) is 10.5 Å². The smallest absolute Gasteiger partial charge is 0.338 e. The van der Waals surface area contributed by atoms with Crippen LogP contribution in [0.15, 0.2) is 119 Å². The van der Waals surface area contributed by atoms with E-state index in [2.05, 4.69) is 5.32 Å². The zero-order valence-electron chi connectivity index (χ0n) is 24.3. The number of hydrogen-bond donors (Lipinski definition) is 1. The topological polar surface area (TPSA) is 102 Å². The molecule has 4 atom stereocenters. The fourth-order valence-electron chi connectivity index (χ4n) is 5.41. The molecule has 8 nitrogen and oxygen atoms in total. The minimum absolute atomic E-state index is 0.160. The third-order valence-electron chi connectivity index (χ3n) is 7.67. The zero-order valence-corrected chi connectivity index (χ0v) is 25.9. The predicted octanol–water partition coefficient (Wildman–Crippen LogP) is 5.52. The van der Waals surface area contributed by atoms with Gasteiger partial charge in [0.1, 0.15) is 17.5 Å². The molecule has 10 heteroatoms. The summed E-state index contributed by atoms with van der Waals surface area (Å²) in [4.78, 5) is 55.9. The number of rotatable bonds is 10. The molecule has 0 radical (unpaired) electrons. The second-order valence-electron chi connectivity index (χ2n) is 10.6. The van der Waals surface area contributed by atoms with Crippen LogP contribution in [-0.2, 0) is 30.3 Å². The molecule has 45 heavy (non-hydrogen) atoms. The standard InChI is InChI=1S/C35H30N2O6S2/c1-22(42-34(40)25-16-9-4-10-17-25)27-21-45-33-29(36-28(38)20-26-18-11-19-44-26)32(39)37(33)30(27)35(41)43-31(23-12-5-2-6-13-23)24-14-7-3-8-15-24/h2-19,21-22,29-31,33H,20H2,1H3,(H,36,38)/t22?,29-,30?,33+/m1/s1. The Balaban J connectivity index is 1.28. The molecule has 1 N–H and O–H groups in total. The second kappa shape index (κ2) is 13.5. The van der Waals surface area contributed by atoms with Gasteiger partial charge in [-0.1, -0.05) is 84.9 Å². The minimum atomic E-state index is -1.16. The Bertz CT molecular complexity index is 1660. The molecule has 3 heterocycles. The van der Waals surface area contributed by atoms with E-state index in [-0.39, 0.29) is 12.3 Å². The van der Waals surface area contributed by atoms with E-state index in [9.17, 15) is 19.2 Å². The Hall–Kier alpha value is -4.67. The highest BCUT2D eigenvalue weighted by molar-refractivity contribution is 8.03. The molecule has 0 saturated carbocycles. The molecule has 4 aromatic rings. The van der Waals surface area contributed by atoms with Crippen LogP contribution in [0.5, 0.6) is 0 Å². The Morgan fingerprint density at radius 2 is 1.47 bits per heavy atom. The number of thioether (sulfide) groups is 1. The van der Waals surface area contributed by atoms with Crippen molar-refractivity contribution in [3.05, 3.63) is 141 Å². The van der Waals surface area contributed by atoms with E-state index in [0.717, 1.165) is 16.0 Å². The van der Waals surface area contributed by atoms with Crippen LogP contribution < -0.4 is 5.32 Å². The number of hydrogen-bond acceptors (Lipinski definition) is 8. The van der Waals surface area contributed by atoms with E-state index in [1.54, 1.807) is 42.7 Å². The lowest BCUT2D eigenvalue weighted by Crippen LogP contribution is -2.74. The van der Waals surface area contributed by atoms with E-state index in [4.69, 9.17) is 9.47 Å². The molecule has 6 rings (SSSR count). The summed E-state index contributed by atoms with van der Waals surface area (Å²) < 4.78 is 12.0. The van der Waals surface area contributed by atoms with Crippen molar-refractivity contribution in [1.29, 1.82) is 0 Å². The third-order valence-corrected chi connectivity index (χ3v) is 9.74. The van der Waals surface area contributed by atoms with Gasteiger partial charge in [0.05, 0.1) is 12.0 Å². The van der Waals surface area contributed by atoms with Crippen molar-refractivity contribution in [1.82, 2.24) is 10.2 Å². The maximum atomic E-state index is 14.2. The zero-order chi connectivity index (χ0) is 31.3. The molecule has 1 fully saturated rings. The molecular formula is C35H30N2O6S2. The number of carbonyl (C=O) groups excluding carboxylic acids is 4. The van der Waals surface area contributed by atoms with E-state index >= 15 is 0 Å². The summed E-state index contributed by atoms with van der Waals surface area (Å²) in [6, 6.07) is 29.0. The molecule has 2 aliphatic rings. The van der Waals surface area contributed by atoms with Crippen molar-refractivity contribution in [2.75, 3.05) is 0 Å². The molecule has 228 valence electrons. The summed E-state index contributed by atoms with van der Waals surface area (Å²) in [6.07, 6.45) is -1.43. The average Bonchev–Trinajstić information content (AvgIpc) is 3.59. The lowest BCUT2D eigenvalue weighted by atomic mass is 9.94. The number of ether oxygens (including phenoxy) is 2. The van der Waals surface area contributed by atoms with Crippen molar-refractivity contribution in [3.8, 4) is 0 Å². The van der Waals surface area contributed by atoms with Gasteiger partial charge in [0.15, 0.2) is 12.1 Å². The van der Waals surface area contributed by atoms with Crippen LogP contribution in [-0.4, -0.2) is 52.2 Å². The molecule has 3 aromatic carbocycles. The highest BCUT2D eigenvalue weighted by Gasteiger charge is 2.57. The Morgan fingerprint density at radius 3 is 2.07 bits per heavy atom. The van der Waals surface area contributed by atoms with E-state index in [1.807, 2.05) is 78.2 Å². The molecule has 0 aliphatic carbocycles. The average molecular weight is 639 g/mol. The van der Waals surface area contributed by atoms with E-state index in [1.165, 1.54) is 28.0 Å². The fraction of sp³-hybridized carbons (Fsp3) is 0.200. The first-order valence-electron chi connectivity index (χ1n) is 14.5. The number of β-lactam (4-membered cyclic amide) rings is 1. The van der Waals surface area contributed by atoms with Gasteiger partial charge in [-0.05, 0) is 47.0 Å². The van der Waals surface area contributed by atoms with Crippen LogP contribution in [0, 0.1) is 0 Å². The van der Waals surface area contributed by atoms with Gasteiger partial charge in [0.2, 0.25) is 11.8 Å². The summed E-state index contributed by atoms with van der Waals surface area (Å²) in [7, 11) is 0. The lowest BCUT2D eigenvalue weighted by molar-refractivity contribution is -0.166. The molecule has 0 spiro atoms. The molecule has 1 saturated heterocycles. The second-order valence-corrected chi connectivity index (χ2v) is 12.7. The van der Waals surface area contributed by atoms with Gasteiger partial charge >= 0.3 is 11.9 Å². The van der Waals surface area contributed by atoms with Crippen molar-refractivity contribution < 1.29 is 28.7 Å². The molecule has 2 unspecified atom stereocenters. The fourth-order valence-corrected chi connectivity index (χ4v) is 7.43. The maximum absolute atomic E-state index is 14.2. The number of fused-ring (bicyclic) bond motifs is 1. The van der Waals surface area contributed by atoms with Gasteiger partial charge in [0.25, 0.3) is 0 Å². The van der Waals surface area contributed by atoms with Gasteiger partial charge in [-0.25, -0.2) is 9.59 Å². The summed E-state index contributed by atoms with van der Waals surface area (Å²) in [5.74, 6) is -1.90. The van der Waals surface area contributed by atoms with E-state index in [0.29, 0.717) is 11.1 Å². The van der Waals surface area contributed by atoms with Gasteiger partial charge in [-0.15, -0.1) is 23.1 Å². The van der Waals surface area contributed by atoms with Crippen molar-refractivity contribution in [2.24, 2.45) is 0 Å². The number of nitrogens with zero attached hydrogens (tertiary/aromatic N) is 1. The van der Waals surface area contributed by atoms with E-state index < -0.39 is 47.5 Å². The largest absolute Gasteiger partial charge is 0.454 e. The summed E-state index contributed by atoms with van der Waals surface area (Å²) >= 11 is 2.77. The highest BCUT2D eigenvalue weighted by atomic mass is 32.2. The first-order chi connectivity index (χ1) is 21.9. The van der Waals surface area contributed by atoms with Crippen LogP contribution in [0.3, 0.4) is 0 Å². The van der Waals surface area contributed by atoms with Crippen molar-refractivity contribution in [3.63, 3.8) is 0 Å². The Morgan fingerprint density at radius 1 is 0.844 bits per heavy atom. The molecule has 0 bridgehead atoms. The van der Waals surface area contributed by atoms with Gasteiger partial charge < -0.3 is 19.7 Å². The summed E-state index contributed by atoms with van der Waals surface area (Å²) in [5.41, 5.74) is 2.32. The first-order valence-corrected chi connectivity index (χ1v) is 16.3. The summed E-state index contributed by atoms with van der Waals surface area (Å²) in [5, 5.41) is 5.95. The minimum Gasteiger partial charge on any atom is -0.454 e. The number of amides is 2. The Labute approximate surface area is 269 Å². The number of carbonyl (C=O) groups is 4. The molecular weight excluding hydrogens is 609 g/mol. The normalized spacial score (nSPS) is 19.5. The number of benzene rings is 3. The molecule has 2 aliphatic heterocycles. The van der Waals surface area contributed by atoms with Crippen LogP contribution in [0.2, 0.25) is 0 Å². The van der Waals surface area contributed by atoms with Crippen molar-refractivity contribution >= 4 is 46.9 Å². The molecule has 2 amide bonds. The number of thiophene rings is 1. The van der Waals surface area contributed by atoms with Crippen LogP contribution in [0.1, 0.15) is 39.4 Å². The van der Waals surface area contributed by atoms with Gasteiger partial charge in [-0.2, -0.15) is 0 Å². The summed E-state index contributed by atoms with van der Waals surface area (Å²) in [6.45, 7) is 1.67. The van der Waals surface area contributed by atoms with Crippen LogP contribution in [0.4, 0.5) is 0 Å². The Kier molecular flexibility index (Phi) is 9.13. The van der Waals surface area contributed by atoms with Crippen LogP contribution >= 0.6 is 23.1 Å². The highest BCUT2D eigenvalue weighted by Crippen LogP contribution is 2.42. The maximum Gasteiger partial charge on any atom is 0.338 e. The van der Waals surface area contributed by atoms with Crippen molar-refractivity contribution in [2.45, 2.75) is 43.0 Å². The molecule has 1 aromatic heterocycles. The third kappa shape index (κ3) is 6.57. The number of esters is 2. The monoisotopic (exact) mass is 638 g/mol. The SMILES string of the molecule is CC(OC(=O)c1ccccc1)C1=CS[C@H]2[C@H](NC(=O)Cc3cccs3)C(=O)N2C1C(=O)OC(c1ccccc1)c1ccccc1. The van der Waals surface area contributed by atoms with Gasteiger partial charge in [-0.3, -0.25) is 9.59 Å². The quantitative estimate of drug-likeness (QED) is 0.180. The number of nitrogens with one attached hydrogen (secondary N) is 1.